The Morgan fingerprint density at radius 2 is 1.00 bits per heavy atom. The molecule has 0 radical (unpaired) electrons. The predicted molar refractivity (Wildman–Crippen MR) is 234 cm³/mol. The maximum atomic E-state index is 6.69. The molecule has 8 aromatic carbocycles. The van der Waals surface area contributed by atoms with Crippen LogP contribution in [0, 0.1) is 0 Å². The highest BCUT2D eigenvalue weighted by Gasteiger charge is 2.35. The van der Waals surface area contributed by atoms with Gasteiger partial charge in [-0.05, 0) is 92.5 Å². The first kappa shape index (κ1) is 32.5. The lowest BCUT2D eigenvalue weighted by atomic mass is 9.93. The second kappa shape index (κ2) is 13.5. The molecule has 3 heterocycles. The highest BCUT2D eigenvalue weighted by molar-refractivity contribution is 8.03. The molecule has 1 N–H and O–H groups in total. The first-order chi connectivity index (χ1) is 27.7. The van der Waals surface area contributed by atoms with E-state index >= 15 is 0 Å². The average molecular weight is 735 g/mol. The van der Waals surface area contributed by atoms with E-state index in [9.17, 15) is 0 Å². The topological polar surface area (TPSA) is 37.5 Å². The number of nitrogens with zero attached hydrogens (tertiary/aromatic N) is 1. The Hall–Kier alpha value is -6.88. The fourth-order valence-corrected chi connectivity index (χ4v) is 9.43. The lowest BCUT2D eigenvalue weighted by molar-refractivity contribution is 0.669. The molecule has 0 fully saturated rings. The number of furan rings is 1. The standard InChI is InChI=1S/C52H34N2OS/c1-4-13-33(14-5-1)36-23-25-37(26-24-36)49-51-50(43-19-10-11-22-47(43)56-51)54-52(53-49)44-20-12-21-45-48(44)42-28-27-38(32-46(42)55-45)41-30-39(34-15-6-2-7-16-34)29-40(31-41)35-17-8-3-9-18-35/h1-32,50H,(H,53,54). The van der Waals surface area contributed by atoms with Crippen LogP contribution in [0.15, 0.2) is 213 Å². The molecule has 0 spiro atoms. The maximum absolute atomic E-state index is 6.69. The molecule has 1 atom stereocenters. The van der Waals surface area contributed by atoms with Crippen LogP contribution in [-0.2, 0) is 0 Å². The molecule has 0 bridgehead atoms. The van der Waals surface area contributed by atoms with E-state index < -0.39 is 0 Å². The minimum atomic E-state index is 0.00299. The Kier molecular flexibility index (Phi) is 7.82. The van der Waals surface area contributed by atoms with Crippen molar-refractivity contribution < 1.29 is 4.42 Å². The first-order valence-corrected chi connectivity index (χ1v) is 19.8. The van der Waals surface area contributed by atoms with Crippen LogP contribution in [0.2, 0.25) is 0 Å². The van der Waals surface area contributed by atoms with Crippen molar-refractivity contribution in [3.05, 3.63) is 216 Å². The van der Waals surface area contributed by atoms with Gasteiger partial charge in [0.05, 0.1) is 11.7 Å². The van der Waals surface area contributed by atoms with Crippen LogP contribution in [0.4, 0.5) is 0 Å². The number of aliphatic imine (C=N–C) groups is 1. The molecular weight excluding hydrogens is 701 g/mol. The minimum absolute atomic E-state index is 0.00299. The molecule has 264 valence electrons. The zero-order chi connectivity index (χ0) is 37.0. The summed E-state index contributed by atoms with van der Waals surface area (Å²) in [5, 5.41) is 6.01. The third-order valence-electron chi connectivity index (χ3n) is 10.9. The van der Waals surface area contributed by atoms with Crippen molar-refractivity contribution in [2.45, 2.75) is 10.9 Å². The van der Waals surface area contributed by atoms with Gasteiger partial charge >= 0.3 is 0 Å². The van der Waals surface area contributed by atoms with Gasteiger partial charge in [-0.25, -0.2) is 4.99 Å². The number of amidine groups is 1. The SMILES string of the molecule is c1ccc(-c2ccc(C3=C4Sc5ccccc5C4NC(c4cccc5oc6cc(-c7cc(-c8ccccc8)cc(-c8ccccc8)c7)ccc6c45)=N3)cc2)cc1. The monoisotopic (exact) mass is 734 g/mol. The number of rotatable bonds is 6. The summed E-state index contributed by atoms with van der Waals surface area (Å²) < 4.78 is 6.69. The van der Waals surface area contributed by atoms with Crippen LogP contribution in [0.25, 0.3) is 72.1 Å². The van der Waals surface area contributed by atoms with E-state index in [2.05, 4.69) is 199 Å². The quantitative estimate of drug-likeness (QED) is 0.185. The molecule has 2 aliphatic rings. The number of hydrogen-bond donors (Lipinski definition) is 1. The molecule has 3 nitrogen and oxygen atoms in total. The molecule has 0 saturated carbocycles. The zero-order valence-electron chi connectivity index (χ0n) is 30.3. The Balaban J connectivity index is 1.03. The average Bonchev–Trinajstić information content (AvgIpc) is 3.85. The molecule has 11 rings (SSSR count). The van der Waals surface area contributed by atoms with Crippen LogP contribution < -0.4 is 5.32 Å². The molecule has 1 unspecified atom stereocenters. The Bertz CT molecular complexity index is 2940. The van der Waals surface area contributed by atoms with Gasteiger partial charge in [0, 0.05) is 31.7 Å². The van der Waals surface area contributed by atoms with Gasteiger partial charge in [0.1, 0.15) is 17.0 Å². The summed E-state index contributed by atoms with van der Waals surface area (Å²) in [6.07, 6.45) is 0. The minimum Gasteiger partial charge on any atom is -0.456 e. The maximum Gasteiger partial charge on any atom is 0.136 e. The largest absolute Gasteiger partial charge is 0.456 e. The van der Waals surface area contributed by atoms with Crippen LogP contribution in [-0.4, -0.2) is 5.84 Å². The van der Waals surface area contributed by atoms with Gasteiger partial charge < -0.3 is 9.73 Å². The summed E-state index contributed by atoms with van der Waals surface area (Å²) in [6, 6.07) is 69.1. The third-order valence-corrected chi connectivity index (χ3v) is 12.2. The van der Waals surface area contributed by atoms with Crippen LogP contribution in [0.5, 0.6) is 0 Å². The lowest BCUT2D eigenvalue weighted by Gasteiger charge is -2.25. The van der Waals surface area contributed by atoms with Gasteiger partial charge in [-0.1, -0.05) is 163 Å². The second-order valence-electron chi connectivity index (χ2n) is 14.4. The van der Waals surface area contributed by atoms with Crippen LogP contribution in [0.1, 0.15) is 22.7 Å². The summed E-state index contributed by atoms with van der Waals surface area (Å²) in [5.74, 6) is 0.846. The summed E-state index contributed by atoms with van der Waals surface area (Å²) in [6.45, 7) is 0. The molecule has 56 heavy (non-hydrogen) atoms. The molecule has 4 heteroatoms. The Morgan fingerprint density at radius 3 is 1.68 bits per heavy atom. The number of thioether (sulfide) groups is 1. The first-order valence-electron chi connectivity index (χ1n) is 19.0. The number of hydrogen-bond acceptors (Lipinski definition) is 4. The van der Waals surface area contributed by atoms with Crippen molar-refractivity contribution in [1.29, 1.82) is 0 Å². The molecule has 9 aromatic rings. The molecule has 0 aliphatic carbocycles. The fourth-order valence-electron chi connectivity index (χ4n) is 8.18. The summed E-state index contributed by atoms with van der Waals surface area (Å²) in [5.41, 5.74) is 15.5. The van der Waals surface area contributed by atoms with Crippen molar-refractivity contribution in [3.63, 3.8) is 0 Å². The predicted octanol–water partition coefficient (Wildman–Crippen LogP) is 13.8. The van der Waals surface area contributed by atoms with Crippen LogP contribution in [0.3, 0.4) is 0 Å². The Morgan fingerprint density at radius 1 is 0.446 bits per heavy atom. The van der Waals surface area contributed by atoms with Crippen molar-refractivity contribution >= 4 is 45.2 Å². The summed E-state index contributed by atoms with van der Waals surface area (Å²) in [7, 11) is 0. The molecule has 1 aromatic heterocycles. The van der Waals surface area contributed by atoms with Crippen LogP contribution >= 0.6 is 11.8 Å². The van der Waals surface area contributed by atoms with E-state index in [1.54, 1.807) is 0 Å². The van der Waals surface area contributed by atoms with Crippen molar-refractivity contribution in [1.82, 2.24) is 5.32 Å². The molecule has 2 aliphatic heterocycles. The third kappa shape index (κ3) is 5.66. The smallest absolute Gasteiger partial charge is 0.136 e. The van der Waals surface area contributed by atoms with Crippen molar-refractivity contribution in [3.8, 4) is 44.5 Å². The number of fused-ring (bicyclic) bond motifs is 6. The van der Waals surface area contributed by atoms with Gasteiger partial charge in [-0.15, -0.1) is 0 Å². The van der Waals surface area contributed by atoms with Crippen molar-refractivity contribution in [2.75, 3.05) is 0 Å². The highest BCUT2D eigenvalue weighted by atomic mass is 32.2. The second-order valence-corrected chi connectivity index (χ2v) is 15.4. The van der Waals surface area contributed by atoms with E-state index in [1.165, 1.54) is 48.7 Å². The summed E-state index contributed by atoms with van der Waals surface area (Å²) in [4.78, 5) is 7.94. The van der Waals surface area contributed by atoms with Gasteiger partial charge in [-0.3, -0.25) is 0 Å². The number of benzene rings is 8. The Labute approximate surface area is 329 Å². The molecular formula is C52H34N2OS. The van der Waals surface area contributed by atoms with E-state index in [-0.39, 0.29) is 6.04 Å². The van der Waals surface area contributed by atoms with Crippen molar-refractivity contribution in [2.24, 2.45) is 4.99 Å². The normalized spacial score (nSPS) is 14.7. The van der Waals surface area contributed by atoms with E-state index in [0.717, 1.165) is 55.7 Å². The zero-order valence-corrected chi connectivity index (χ0v) is 31.1. The lowest BCUT2D eigenvalue weighted by Crippen LogP contribution is -2.32. The fraction of sp³-hybridized carbons (Fsp3) is 0.0192. The van der Waals surface area contributed by atoms with Gasteiger partial charge in [-0.2, -0.15) is 0 Å². The van der Waals surface area contributed by atoms with E-state index in [1.807, 2.05) is 11.8 Å². The van der Waals surface area contributed by atoms with Gasteiger partial charge in [0.15, 0.2) is 0 Å². The number of nitrogens with one attached hydrogen (secondary N) is 1. The van der Waals surface area contributed by atoms with E-state index in [4.69, 9.17) is 9.41 Å². The molecule has 0 saturated heterocycles. The van der Waals surface area contributed by atoms with Gasteiger partial charge in [0.25, 0.3) is 0 Å². The molecule has 0 amide bonds. The van der Waals surface area contributed by atoms with Gasteiger partial charge in [0.2, 0.25) is 0 Å². The summed E-state index contributed by atoms with van der Waals surface area (Å²) >= 11 is 1.82. The highest BCUT2D eigenvalue weighted by Crippen LogP contribution is 2.52. The van der Waals surface area contributed by atoms with E-state index in [0.29, 0.717) is 0 Å².